The van der Waals surface area contributed by atoms with Crippen molar-refractivity contribution in [2.75, 3.05) is 0 Å². The first kappa shape index (κ1) is 52.1. The predicted molar refractivity (Wildman–Crippen MR) is 275 cm³/mol. The summed E-state index contributed by atoms with van der Waals surface area (Å²) in [5.74, 6) is 1.09. The summed E-state index contributed by atoms with van der Waals surface area (Å²) in [6.45, 7) is 29.7. The number of benzene rings is 6. The van der Waals surface area contributed by atoms with Crippen molar-refractivity contribution in [1.29, 1.82) is 0 Å². The molecule has 0 aliphatic rings. The molecule has 2 N–H and O–H groups in total. The van der Waals surface area contributed by atoms with Gasteiger partial charge in [-0.1, -0.05) is 162 Å². The van der Waals surface area contributed by atoms with E-state index in [2.05, 4.69) is 145 Å². The van der Waals surface area contributed by atoms with Crippen molar-refractivity contribution < 1.29 is 61.2 Å². The fourth-order valence-corrected chi connectivity index (χ4v) is 8.81. The first-order valence-electron chi connectivity index (χ1n) is 23.3. The topological polar surface area (TPSA) is 118 Å². The second-order valence-electron chi connectivity index (χ2n) is 22.4. The third kappa shape index (κ3) is 10.1. The normalized spacial score (nSPS) is 12.3. The van der Waals surface area contributed by atoms with Crippen LogP contribution < -0.4 is 0 Å². The zero-order valence-corrected chi connectivity index (χ0v) is 46.9. The number of aryl methyl sites for hydroxylation is 2. The Labute approximate surface area is 441 Å². The van der Waals surface area contributed by atoms with Gasteiger partial charge in [-0.2, -0.15) is 0 Å². The van der Waals surface area contributed by atoms with Crippen molar-refractivity contribution in [2.24, 2.45) is 0 Å². The summed E-state index contributed by atoms with van der Waals surface area (Å²) in [5.41, 5.74) is 15.1. The molecule has 9 rings (SSSR count). The number of oxazole rings is 2. The molecule has 0 fully saturated rings. The van der Waals surface area contributed by atoms with Crippen LogP contribution in [0.4, 0.5) is 0 Å². The predicted octanol–water partition coefficient (Wildman–Crippen LogP) is 15.6. The van der Waals surface area contributed by atoms with Gasteiger partial charge in [0.2, 0.25) is 11.8 Å². The number of phenolic OH excluding ortho intramolecular Hbond substituents is 2. The van der Waals surface area contributed by atoms with Gasteiger partial charge in [-0.15, -0.1) is 58.7 Å². The molecule has 366 valence electrons. The minimum absolute atomic E-state index is 0. The van der Waals surface area contributed by atoms with Gasteiger partial charge in [-0.05, 0) is 57.1 Å². The fraction of sp³-hybridized carbons (Fsp3) is 0.300. The molecule has 0 bridgehead atoms. The largest absolute Gasteiger partial charge is 0.507 e. The SMILES string of the molecule is Cc1cc(-c2cc(-c3[c-]c(-c4cccc5oc(-c6cc(C(C)(C)C)cc(C(C)(C)C)c6O)nc45)cc(C)c3)ncn2)[c-]c(-c2cccc3oc(-c4cc(C(C)(C)C)cc(C(C)(C)C)c4O)nc23)c1.[Pt].[Pt]. The average molecular weight is 1290 g/mol. The minimum Gasteiger partial charge on any atom is -0.507 e. The molecule has 9 aromatic rings. The first-order chi connectivity index (χ1) is 31.8. The molecule has 0 aliphatic carbocycles. The third-order valence-electron chi connectivity index (χ3n) is 12.7. The summed E-state index contributed by atoms with van der Waals surface area (Å²) in [5, 5.41) is 23.4. The van der Waals surface area contributed by atoms with E-state index in [1.807, 2.05) is 54.6 Å². The summed E-state index contributed by atoms with van der Waals surface area (Å²) in [6, 6.07) is 37.6. The minimum atomic E-state index is -0.301. The van der Waals surface area contributed by atoms with Crippen LogP contribution in [0, 0.1) is 26.0 Å². The van der Waals surface area contributed by atoms with Crippen molar-refractivity contribution >= 4 is 22.2 Å². The Kier molecular flexibility index (Phi) is 14.0. The zero-order chi connectivity index (χ0) is 48.8. The number of aromatic hydroxyl groups is 2. The Hall–Kier alpha value is -5.68. The third-order valence-corrected chi connectivity index (χ3v) is 12.7. The molecule has 0 saturated heterocycles. The molecule has 0 unspecified atom stereocenters. The molecule has 3 heterocycles. The van der Waals surface area contributed by atoms with Crippen LogP contribution in [0.3, 0.4) is 0 Å². The van der Waals surface area contributed by atoms with Gasteiger partial charge < -0.3 is 19.0 Å². The van der Waals surface area contributed by atoms with Crippen LogP contribution >= 0.6 is 0 Å². The van der Waals surface area contributed by atoms with E-state index in [-0.39, 0.29) is 75.3 Å². The van der Waals surface area contributed by atoms with Crippen LogP contribution in [0.5, 0.6) is 11.5 Å². The van der Waals surface area contributed by atoms with Crippen molar-refractivity contribution in [2.45, 2.75) is 119 Å². The van der Waals surface area contributed by atoms with Crippen molar-refractivity contribution in [3.8, 4) is 79.2 Å². The molecule has 10 heteroatoms. The number of rotatable bonds is 6. The van der Waals surface area contributed by atoms with Crippen LogP contribution in [0.2, 0.25) is 0 Å². The van der Waals surface area contributed by atoms with E-state index in [9.17, 15) is 10.2 Å². The van der Waals surface area contributed by atoms with Gasteiger partial charge in [-0.25, -0.2) is 9.97 Å². The Morgan fingerprint density at radius 1 is 0.443 bits per heavy atom. The van der Waals surface area contributed by atoms with Gasteiger partial charge in [-0.3, -0.25) is 9.97 Å². The number of para-hydroxylation sites is 2. The van der Waals surface area contributed by atoms with Gasteiger partial charge in [0.1, 0.15) is 22.7 Å². The van der Waals surface area contributed by atoms with Crippen LogP contribution in [0.1, 0.15) is 116 Å². The number of hydrogen-bond donors (Lipinski definition) is 2. The summed E-state index contributed by atoms with van der Waals surface area (Å²) in [6.07, 6.45) is 1.58. The maximum Gasteiger partial charge on any atom is 0.230 e. The number of hydrogen-bond acceptors (Lipinski definition) is 8. The molecule has 0 atom stereocenters. The summed E-state index contributed by atoms with van der Waals surface area (Å²) in [7, 11) is 0. The summed E-state index contributed by atoms with van der Waals surface area (Å²) in [4.78, 5) is 19.6. The monoisotopic (exact) mass is 1290 g/mol. The second kappa shape index (κ2) is 18.8. The maximum atomic E-state index is 11.7. The molecule has 0 radical (unpaired) electrons. The number of aromatic nitrogens is 4. The molecule has 0 saturated carbocycles. The molecular formula is C60H60N4O4Pt2-2. The molecule has 6 aromatic carbocycles. The average Bonchev–Trinajstić information content (AvgIpc) is 3.90. The quantitative estimate of drug-likeness (QED) is 0.158. The molecule has 70 heavy (non-hydrogen) atoms. The van der Waals surface area contributed by atoms with Crippen molar-refractivity contribution in [3.05, 3.63) is 143 Å². The molecule has 0 aliphatic heterocycles. The standard InChI is InChI=1S/C60H60N4O4.2Pt/c1-33-21-35(41-17-15-19-49-51(41)63-55(67-49)43-27-39(57(3,4)5)29-45(53(43)65)59(9,10)11)25-37(23-33)47-31-48(62-32-61-47)38-24-34(2)22-36(26-38)42-18-16-20-50-52(42)64-56(68-50)44-28-40(58(6,7)8)30-46(54(44)66)60(12,13)14;;/h15-24,27-32,65-66H,1-14H3;;/q-2;;. The van der Waals surface area contributed by atoms with E-state index < -0.39 is 0 Å². The Bertz CT molecular complexity index is 3220. The van der Waals surface area contributed by atoms with Crippen LogP contribution in [0.25, 0.3) is 89.9 Å². The Balaban J connectivity index is 0.00000361. The molecule has 0 amide bonds. The second-order valence-corrected chi connectivity index (χ2v) is 22.4. The molecule has 0 spiro atoms. The number of fused-ring (bicyclic) bond motifs is 2. The van der Waals surface area contributed by atoms with Gasteiger partial charge >= 0.3 is 0 Å². The smallest absolute Gasteiger partial charge is 0.230 e. The maximum absolute atomic E-state index is 11.7. The summed E-state index contributed by atoms with van der Waals surface area (Å²) >= 11 is 0. The van der Waals surface area contributed by atoms with E-state index in [0.29, 0.717) is 56.5 Å². The van der Waals surface area contributed by atoms with E-state index in [1.165, 1.54) is 0 Å². The zero-order valence-electron chi connectivity index (χ0n) is 42.4. The van der Waals surface area contributed by atoms with E-state index in [1.54, 1.807) is 6.33 Å². The Morgan fingerprint density at radius 3 is 1.17 bits per heavy atom. The van der Waals surface area contributed by atoms with Crippen molar-refractivity contribution in [3.63, 3.8) is 0 Å². The number of nitrogens with zero attached hydrogens (tertiary/aromatic N) is 4. The molecular weight excluding hydrogens is 1230 g/mol. The van der Waals surface area contributed by atoms with Crippen molar-refractivity contribution in [1.82, 2.24) is 19.9 Å². The summed E-state index contributed by atoms with van der Waals surface area (Å²) < 4.78 is 12.9. The van der Waals surface area contributed by atoms with E-state index in [4.69, 9.17) is 28.8 Å². The Morgan fingerprint density at radius 2 is 0.814 bits per heavy atom. The van der Waals surface area contributed by atoms with E-state index >= 15 is 0 Å². The van der Waals surface area contributed by atoms with Gasteiger partial charge in [0.05, 0.1) is 28.5 Å². The van der Waals surface area contributed by atoms with Crippen LogP contribution in [-0.4, -0.2) is 30.1 Å². The first-order valence-corrected chi connectivity index (χ1v) is 23.3. The fourth-order valence-electron chi connectivity index (χ4n) is 8.81. The van der Waals surface area contributed by atoms with Crippen LogP contribution in [0.15, 0.2) is 106 Å². The van der Waals surface area contributed by atoms with Gasteiger partial charge in [0, 0.05) is 64.6 Å². The van der Waals surface area contributed by atoms with Crippen LogP contribution in [-0.2, 0) is 63.8 Å². The number of phenols is 2. The molecule has 3 aromatic heterocycles. The van der Waals surface area contributed by atoms with Gasteiger partial charge in [0.15, 0.2) is 0 Å². The van der Waals surface area contributed by atoms with Gasteiger partial charge in [0.25, 0.3) is 0 Å². The molecule has 8 nitrogen and oxygen atoms in total. The van der Waals surface area contributed by atoms with E-state index in [0.717, 1.165) is 66.8 Å².